The summed E-state index contributed by atoms with van der Waals surface area (Å²) in [5, 5.41) is -1.22. The van der Waals surface area contributed by atoms with Gasteiger partial charge in [-0.25, -0.2) is 0 Å². The van der Waals surface area contributed by atoms with Crippen LogP contribution in [-0.4, -0.2) is 54.9 Å². The van der Waals surface area contributed by atoms with Crippen LogP contribution in [0.2, 0.25) is 0 Å². The zero-order chi connectivity index (χ0) is 12.0. The molecule has 0 bridgehead atoms. The molecule has 0 spiro atoms. The monoisotopic (exact) mass is 176 g/mol. The molecule has 1 aromatic rings. The van der Waals surface area contributed by atoms with Gasteiger partial charge in [0, 0.05) is 0 Å². The molecule has 0 aliphatic heterocycles. The molecule has 1 rings (SSSR count). The molecule has 14 radical (unpaired) electrons. The Morgan fingerprint density at radius 3 is 1.20 bits per heavy atom. The molecule has 56 valence electrons. The van der Waals surface area contributed by atoms with E-state index in [1.807, 2.05) is 0 Å². The first-order chi connectivity index (χ1) is 6.68. The zero-order valence-corrected chi connectivity index (χ0v) is 8.54. The van der Waals surface area contributed by atoms with Gasteiger partial charge < -0.3 is 0 Å². The van der Waals surface area contributed by atoms with Crippen LogP contribution in [0.3, 0.4) is 0 Å². The first kappa shape index (κ1) is 12.7. The summed E-state index contributed by atoms with van der Waals surface area (Å²) < 4.78 is 0. The highest BCUT2D eigenvalue weighted by Crippen LogP contribution is 2.08. The Hall–Kier alpha value is -0.325. The molecular formula is C8H3B7. The summed E-state index contributed by atoms with van der Waals surface area (Å²) in [4.78, 5) is 0. The third-order valence-electron chi connectivity index (χ3n) is 2.24. The fourth-order valence-electron chi connectivity index (χ4n) is 1.43. The third kappa shape index (κ3) is 2.12. The maximum Gasteiger partial charge on any atom is 0.113 e. The molecule has 0 fully saturated rings. The van der Waals surface area contributed by atoms with Crippen LogP contribution in [0.1, 0.15) is 12.5 Å². The Kier molecular flexibility index (Phi) is 3.33. The van der Waals surface area contributed by atoms with Crippen molar-refractivity contribution in [3.05, 3.63) is 5.56 Å². The quantitative estimate of drug-likeness (QED) is 0.375. The van der Waals surface area contributed by atoms with Gasteiger partial charge in [-0.2, -0.15) is 0 Å². The molecule has 0 nitrogen and oxygen atoms in total. The molecule has 0 aliphatic carbocycles. The zero-order valence-electron chi connectivity index (χ0n) is 8.54. The molecule has 7 heteroatoms. The predicted molar refractivity (Wildman–Crippen MR) is 72.2 cm³/mol. The smallest absolute Gasteiger partial charge is 0.112 e. The lowest BCUT2D eigenvalue weighted by molar-refractivity contribution is 0.994. The summed E-state index contributed by atoms with van der Waals surface area (Å²) in [6.45, 7) is 1.55. The van der Waals surface area contributed by atoms with Crippen LogP contribution in [0.5, 0.6) is 0 Å². The molecule has 0 N–H and O–H groups in total. The first-order valence-electron chi connectivity index (χ1n) is 4.27. The van der Waals surface area contributed by atoms with Gasteiger partial charge in [-0.1, -0.05) is 17.7 Å². The summed E-state index contributed by atoms with van der Waals surface area (Å²) >= 11 is 0. The molecule has 0 atom stereocenters. The van der Waals surface area contributed by atoms with Crippen LogP contribution in [0.4, 0.5) is 0 Å². The molecule has 0 heterocycles. The second-order valence-electron chi connectivity index (χ2n) is 3.73. The summed E-state index contributed by atoms with van der Waals surface area (Å²) in [6, 6.07) is 0. The highest BCUT2D eigenvalue weighted by Gasteiger charge is 2.19. The van der Waals surface area contributed by atoms with Crippen molar-refractivity contribution in [2.75, 3.05) is 0 Å². The molecule has 0 saturated carbocycles. The van der Waals surface area contributed by atoms with E-state index >= 15 is 0 Å². The second kappa shape index (κ2) is 3.92. The van der Waals surface area contributed by atoms with Crippen LogP contribution in [-0.2, 0) is 5.21 Å². The molecular weight excluding hydrogens is 172 g/mol. The lowest BCUT2D eigenvalue weighted by Gasteiger charge is -2.30. The Labute approximate surface area is 100 Å². The minimum Gasteiger partial charge on any atom is -0.112 e. The molecule has 0 saturated heterocycles. The van der Waals surface area contributed by atoms with Crippen molar-refractivity contribution in [2.24, 2.45) is 0 Å². The van der Waals surface area contributed by atoms with Gasteiger partial charge in [0.2, 0.25) is 0 Å². The number of hydrogen-bond donors (Lipinski definition) is 0. The van der Waals surface area contributed by atoms with E-state index < -0.39 is 5.21 Å². The van der Waals surface area contributed by atoms with E-state index in [1.165, 1.54) is 0 Å². The first-order valence-corrected chi connectivity index (χ1v) is 4.27. The molecule has 1 aromatic carbocycles. The van der Waals surface area contributed by atoms with Crippen molar-refractivity contribution < 1.29 is 0 Å². The van der Waals surface area contributed by atoms with E-state index in [-0.39, 0.29) is 27.3 Å². The van der Waals surface area contributed by atoms with E-state index in [1.54, 1.807) is 6.92 Å². The van der Waals surface area contributed by atoms with Gasteiger partial charge in [-0.3, -0.25) is 0 Å². The van der Waals surface area contributed by atoms with Gasteiger partial charge in [0.05, 0.1) is 15.7 Å². The van der Waals surface area contributed by atoms with Crippen molar-refractivity contribution in [3.63, 3.8) is 0 Å². The Morgan fingerprint density at radius 1 is 0.667 bits per heavy atom. The van der Waals surface area contributed by atoms with Gasteiger partial charge >= 0.3 is 0 Å². The van der Waals surface area contributed by atoms with Gasteiger partial charge in [0.1, 0.15) is 39.2 Å². The second-order valence-corrected chi connectivity index (χ2v) is 3.73. The van der Waals surface area contributed by atoms with Crippen LogP contribution in [0.25, 0.3) is 0 Å². The average Bonchev–Trinajstić information content (AvgIpc) is 2.09. The molecule has 0 aliphatic rings. The summed E-state index contributed by atoms with van der Waals surface area (Å²) in [7, 11) is 39.8. The van der Waals surface area contributed by atoms with Crippen LogP contribution >= 0.6 is 0 Å². The Bertz CT molecular complexity index is 375. The average molecular weight is 175 g/mol. The Balaban J connectivity index is 3.68. The lowest BCUT2D eigenvalue weighted by atomic mass is 9.46. The van der Waals surface area contributed by atoms with Crippen LogP contribution in [0, 0.1) is 0 Å². The fourth-order valence-corrected chi connectivity index (χ4v) is 1.43. The molecule has 0 amide bonds. The maximum atomic E-state index is 5.74. The number of benzene rings is 1. The molecule has 0 unspecified atom stereocenters. The van der Waals surface area contributed by atoms with Crippen LogP contribution in [0.15, 0.2) is 0 Å². The van der Waals surface area contributed by atoms with E-state index in [0.29, 0.717) is 5.56 Å². The van der Waals surface area contributed by atoms with E-state index in [4.69, 9.17) is 54.9 Å². The van der Waals surface area contributed by atoms with Gasteiger partial charge in [-0.15, -0.1) is 27.3 Å². The molecule has 15 heavy (non-hydrogen) atoms. The topological polar surface area (TPSA) is 0 Å². The summed E-state index contributed by atoms with van der Waals surface area (Å²) in [6.07, 6.45) is 0. The summed E-state index contributed by atoms with van der Waals surface area (Å²) in [5.41, 5.74) is 1.11. The predicted octanol–water partition coefficient (Wildman–Crippen LogP) is -4.83. The Morgan fingerprint density at radius 2 is 0.933 bits per heavy atom. The van der Waals surface area contributed by atoms with Crippen molar-refractivity contribution in [2.45, 2.75) is 12.1 Å². The normalized spacial score (nSPS) is 11.5. The third-order valence-corrected chi connectivity index (χ3v) is 2.24. The molecule has 0 aromatic heterocycles. The maximum absolute atomic E-state index is 5.74. The van der Waals surface area contributed by atoms with Crippen molar-refractivity contribution in [1.29, 1.82) is 0 Å². The van der Waals surface area contributed by atoms with Gasteiger partial charge in [0.15, 0.2) is 0 Å². The van der Waals surface area contributed by atoms with Gasteiger partial charge in [-0.05, 0) is 0 Å². The standard InChI is InChI=1S/C8H3B7/c1-8(14,15)2-3(9)5(11)7(13)6(12)4(2)10/h1H3. The van der Waals surface area contributed by atoms with Gasteiger partial charge in [0.25, 0.3) is 0 Å². The van der Waals surface area contributed by atoms with E-state index in [0.717, 1.165) is 0 Å². The lowest BCUT2D eigenvalue weighted by Crippen LogP contribution is -2.59. The van der Waals surface area contributed by atoms with Crippen molar-refractivity contribution >= 4 is 82.2 Å². The number of hydrogen-bond acceptors (Lipinski definition) is 0. The van der Waals surface area contributed by atoms with E-state index in [2.05, 4.69) is 0 Å². The number of rotatable bonds is 1. The fraction of sp³-hybridized carbons (Fsp3) is 0.250. The summed E-state index contributed by atoms with van der Waals surface area (Å²) in [5.74, 6) is 0. The SMILES string of the molecule is [B]c1c([B])c([B])c(C([B])([B])C)c([B])c1[B]. The van der Waals surface area contributed by atoms with Crippen molar-refractivity contribution in [1.82, 2.24) is 0 Å². The minimum atomic E-state index is -1.22. The highest BCUT2D eigenvalue weighted by molar-refractivity contribution is 6.68. The van der Waals surface area contributed by atoms with E-state index in [9.17, 15) is 0 Å². The highest BCUT2D eigenvalue weighted by atomic mass is 14.1. The largest absolute Gasteiger partial charge is 0.113 e. The minimum absolute atomic E-state index is 0.151. The van der Waals surface area contributed by atoms with Crippen molar-refractivity contribution in [3.8, 4) is 0 Å². The van der Waals surface area contributed by atoms with Crippen LogP contribution < -0.4 is 27.3 Å².